The zero-order valence-electron chi connectivity index (χ0n) is 11.0. The van der Waals surface area contributed by atoms with Crippen molar-refractivity contribution >= 4 is 22.7 Å². The number of hydrogen-bond donors (Lipinski definition) is 1. The summed E-state index contributed by atoms with van der Waals surface area (Å²) in [7, 11) is 0. The summed E-state index contributed by atoms with van der Waals surface area (Å²) < 4.78 is 0. The van der Waals surface area contributed by atoms with Gasteiger partial charge in [0, 0.05) is 27.2 Å². The molecule has 0 saturated carbocycles. The van der Waals surface area contributed by atoms with Crippen LogP contribution in [-0.4, -0.2) is 0 Å². The fraction of sp³-hybridized carbons (Fsp3) is 0.467. The normalized spacial score (nSPS) is 18.9. The lowest BCUT2D eigenvalue weighted by Crippen LogP contribution is -2.23. The van der Waals surface area contributed by atoms with Crippen molar-refractivity contribution in [1.29, 1.82) is 0 Å². The van der Waals surface area contributed by atoms with E-state index in [4.69, 9.17) is 0 Å². The SMILES string of the molecule is Cc1cc(CNC2CCCc3sccc32)sc1C. The first-order valence-electron chi connectivity index (χ1n) is 6.59. The van der Waals surface area contributed by atoms with Gasteiger partial charge in [-0.05, 0) is 61.7 Å². The number of aryl methyl sites for hydroxylation is 3. The Morgan fingerprint density at radius 2 is 2.28 bits per heavy atom. The molecule has 2 aromatic heterocycles. The van der Waals surface area contributed by atoms with Gasteiger partial charge in [-0.2, -0.15) is 0 Å². The summed E-state index contributed by atoms with van der Waals surface area (Å²) in [5.74, 6) is 0. The van der Waals surface area contributed by atoms with Gasteiger partial charge < -0.3 is 5.32 Å². The lowest BCUT2D eigenvalue weighted by molar-refractivity contribution is 0.465. The molecule has 1 atom stereocenters. The van der Waals surface area contributed by atoms with E-state index < -0.39 is 0 Å². The van der Waals surface area contributed by atoms with Crippen LogP contribution in [-0.2, 0) is 13.0 Å². The molecule has 0 bridgehead atoms. The van der Waals surface area contributed by atoms with Crippen LogP contribution in [0.15, 0.2) is 17.5 Å². The van der Waals surface area contributed by atoms with Crippen molar-refractivity contribution in [2.45, 2.75) is 45.7 Å². The largest absolute Gasteiger partial charge is 0.305 e. The molecule has 18 heavy (non-hydrogen) atoms. The minimum absolute atomic E-state index is 0.572. The molecule has 0 aliphatic heterocycles. The van der Waals surface area contributed by atoms with E-state index in [1.165, 1.54) is 34.6 Å². The van der Waals surface area contributed by atoms with E-state index in [0.717, 1.165) is 6.54 Å². The Hall–Kier alpha value is -0.640. The van der Waals surface area contributed by atoms with Crippen LogP contribution in [0.1, 0.15) is 44.6 Å². The van der Waals surface area contributed by atoms with Gasteiger partial charge in [-0.3, -0.25) is 0 Å². The molecule has 2 heterocycles. The van der Waals surface area contributed by atoms with E-state index in [-0.39, 0.29) is 0 Å². The van der Waals surface area contributed by atoms with E-state index in [9.17, 15) is 0 Å². The van der Waals surface area contributed by atoms with Crippen molar-refractivity contribution in [1.82, 2.24) is 5.32 Å². The molecule has 0 saturated heterocycles. The first kappa shape index (κ1) is 12.4. The van der Waals surface area contributed by atoms with Gasteiger partial charge in [0.25, 0.3) is 0 Å². The fourth-order valence-corrected chi connectivity index (χ4v) is 4.65. The lowest BCUT2D eigenvalue weighted by atomic mass is 9.94. The summed E-state index contributed by atoms with van der Waals surface area (Å²) in [6, 6.07) is 5.20. The molecule has 0 spiro atoms. The van der Waals surface area contributed by atoms with Crippen LogP contribution < -0.4 is 5.32 Å². The van der Waals surface area contributed by atoms with Gasteiger partial charge >= 0.3 is 0 Å². The van der Waals surface area contributed by atoms with Gasteiger partial charge in [0.1, 0.15) is 0 Å². The number of fused-ring (bicyclic) bond motifs is 1. The summed E-state index contributed by atoms with van der Waals surface area (Å²) in [6.45, 7) is 5.42. The molecule has 2 aromatic rings. The first-order chi connectivity index (χ1) is 8.74. The van der Waals surface area contributed by atoms with Gasteiger partial charge in [-0.25, -0.2) is 0 Å². The first-order valence-corrected chi connectivity index (χ1v) is 8.29. The highest BCUT2D eigenvalue weighted by molar-refractivity contribution is 7.12. The average molecular weight is 277 g/mol. The molecule has 1 aliphatic carbocycles. The highest BCUT2D eigenvalue weighted by Gasteiger charge is 2.20. The highest BCUT2D eigenvalue weighted by Crippen LogP contribution is 2.33. The Labute approximate surface area is 117 Å². The molecule has 1 unspecified atom stereocenters. The molecule has 1 nitrogen and oxygen atoms in total. The molecule has 3 heteroatoms. The quantitative estimate of drug-likeness (QED) is 0.865. The zero-order chi connectivity index (χ0) is 12.5. The summed E-state index contributed by atoms with van der Waals surface area (Å²) in [5.41, 5.74) is 2.98. The maximum atomic E-state index is 3.74. The molecule has 0 radical (unpaired) electrons. The number of nitrogens with one attached hydrogen (secondary N) is 1. The summed E-state index contributed by atoms with van der Waals surface area (Å²) in [6.07, 6.45) is 3.89. The van der Waals surface area contributed by atoms with Gasteiger partial charge in [-0.1, -0.05) is 0 Å². The summed E-state index contributed by atoms with van der Waals surface area (Å²) in [4.78, 5) is 4.51. The molecule has 0 amide bonds. The van der Waals surface area contributed by atoms with Gasteiger partial charge in [0.05, 0.1) is 0 Å². The Morgan fingerprint density at radius 3 is 3.06 bits per heavy atom. The fourth-order valence-electron chi connectivity index (χ4n) is 2.66. The Bertz CT molecular complexity index is 519. The van der Waals surface area contributed by atoms with E-state index in [0.29, 0.717) is 6.04 Å². The van der Waals surface area contributed by atoms with Crippen molar-refractivity contribution in [2.75, 3.05) is 0 Å². The Kier molecular flexibility index (Phi) is 3.55. The van der Waals surface area contributed by atoms with Crippen LogP contribution in [0.2, 0.25) is 0 Å². The molecular formula is C15H19NS2. The topological polar surface area (TPSA) is 12.0 Å². The molecule has 96 valence electrons. The van der Waals surface area contributed by atoms with Crippen molar-refractivity contribution in [2.24, 2.45) is 0 Å². The van der Waals surface area contributed by atoms with Crippen LogP contribution in [0.3, 0.4) is 0 Å². The van der Waals surface area contributed by atoms with E-state index in [1.807, 2.05) is 22.7 Å². The summed E-state index contributed by atoms with van der Waals surface area (Å²) >= 11 is 3.85. The second kappa shape index (κ2) is 5.16. The maximum absolute atomic E-state index is 3.74. The van der Waals surface area contributed by atoms with Crippen molar-refractivity contribution < 1.29 is 0 Å². The maximum Gasteiger partial charge on any atom is 0.0334 e. The second-order valence-corrected chi connectivity index (χ2v) is 7.42. The minimum atomic E-state index is 0.572. The van der Waals surface area contributed by atoms with Crippen LogP contribution in [0, 0.1) is 13.8 Å². The van der Waals surface area contributed by atoms with Crippen LogP contribution in [0.25, 0.3) is 0 Å². The Morgan fingerprint density at radius 1 is 1.39 bits per heavy atom. The standard InChI is InChI=1S/C15H19NS2/c1-10-8-12(18-11(10)2)9-16-14-4-3-5-15-13(14)6-7-17-15/h6-8,14,16H,3-5,9H2,1-2H3. The van der Waals surface area contributed by atoms with E-state index in [2.05, 4.69) is 36.7 Å². The molecule has 0 fully saturated rings. The molecule has 3 rings (SSSR count). The minimum Gasteiger partial charge on any atom is -0.305 e. The van der Waals surface area contributed by atoms with Gasteiger partial charge in [0.15, 0.2) is 0 Å². The molecule has 0 aromatic carbocycles. The monoisotopic (exact) mass is 277 g/mol. The molecule has 1 N–H and O–H groups in total. The van der Waals surface area contributed by atoms with Crippen molar-refractivity contribution in [3.63, 3.8) is 0 Å². The third-order valence-corrected chi connectivity index (χ3v) is 5.94. The third kappa shape index (κ3) is 2.40. The highest BCUT2D eigenvalue weighted by atomic mass is 32.1. The zero-order valence-corrected chi connectivity index (χ0v) is 12.6. The van der Waals surface area contributed by atoms with Crippen molar-refractivity contribution in [3.8, 4) is 0 Å². The predicted octanol–water partition coefficient (Wildman–Crippen LogP) is 4.59. The molecule has 1 aliphatic rings. The van der Waals surface area contributed by atoms with E-state index >= 15 is 0 Å². The Balaban J connectivity index is 1.68. The van der Waals surface area contributed by atoms with Gasteiger partial charge in [-0.15, -0.1) is 22.7 Å². The van der Waals surface area contributed by atoms with Crippen molar-refractivity contribution in [3.05, 3.63) is 43.3 Å². The lowest BCUT2D eigenvalue weighted by Gasteiger charge is -2.23. The van der Waals surface area contributed by atoms with Crippen LogP contribution in [0.4, 0.5) is 0 Å². The van der Waals surface area contributed by atoms with Crippen LogP contribution in [0.5, 0.6) is 0 Å². The summed E-state index contributed by atoms with van der Waals surface area (Å²) in [5, 5.41) is 5.98. The number of rotatable bonds is 3. The third-order valence-electron chi connectivity index (χ3n) is 3.79. The smallest absolute Gasteiger partial charge is 0.0334 e. The second-order valence-electron chi connectivity index (χ2n) is 5.08. The number of thiophene rings is 2. The molecular weight excluding hydrogens is 258 g/mol. The number of hydrogen-bond acceptors (Lipinski definition) is 3. The average Bonchev–Trinajstić information content (AvgIpc) is 2.94. The van der Waals surface area contributed by atoms with E-state index in [1.54, 1.807) is 10.4 Å². The predicted molar refractivity (Wildman–Crippen MR) is 80.6 cm³/mol. The van der Waals surface area contributed by atoms with Crippen LogP contribution >= 0.6 is 22.7 Å². The van der Waals surface area contributed by atoms with Gasteiger partial charge in [0.2, 0.25) is 0 Å².